The molecule has 0 spiro atoms. The number of nitrogens with one attached hydrogen (secondary N) is 2. The van der Waals surface area contributed by atoms with E-state index in [1.807, 2.05) is 45.0 Å². The molecule has 4 aromatic rings. The first-order valence-electron chi connectivity index (χ1n) is 19.2. The fourth-order valence-corrected chi connectivity index (χ4v) is 7.95. The molecule has 0 aliphatic carbocycles. The van der Waals surface area contributed by atoms with Gasteiger partial charge in [0.1, 0.15) is 28.7 Å². The lowest BCUT2D eigenvalue weighted by Crippen LogP contribution is -2.47. The summed E-state index contributed by atoms with van der Waals surface area (Å²) in [5.74, 6) is 0.410. The highest BCUT2D eigenvalue weighted by molar-refractivity contribution is 7.89. The summed E-state index contributed by atoms with van der Waals surface area (Å²) >= 11 is 0. The lowest BCUT2D eigenvalue weighted by molar-refractivity contribution is -0.00634. The smallest absolute Gasteiger partial charge is 0.323 e. The predicted molar refractivity (Wildman–Crippen MR) is 216 cm³/mol. The highest BCUT2D eigenvalue weighted by atomic mass is 32.2. The van der Waals surface area contributed by atoms with Gasteiger partial charge in [0, 0.05) is 44.4 Å². The van der Waals surface area contributed by atoms with Crippen LogP contribution in [-0.4, -0.2) is 86.8 Å². The van der Waals surface area contributed by atoms with Crippen LogP contribution in [-0.2, 0) is 21.2 Å². The average molecular weight is 808 g/mol. The van der Waals surface area contributed by atoms with Crippen LogP contribution in [0, 0.1) is 25.6 Å². The number of ether oxygens (including phenoxy) is 3. The molecule has 0 radical (unpaired) electrons. The second-order valence-corrected chi connectivity index (χ2v) is 16.8. The molecule has 308 valence electrons. The summed E-state index contributed by atoms with van der Waals surface area (Å²) in [5.41, 5.74) is 2.70. The third-order valence-electron chi connectivity index (χ3n) is 10.3. The number of urea groups is 1. The molecule has 5 rings (SSSR count). The Labute approximate surface area is 334 Å². The molecule has 1 aliphatic rings. The van der Waals surface area contributed by atoms with Crippen molar-refractivity contribution >= 4 is 33.3 Å². The number of nitrogens with zero attached hydrogens (tertiary/aromatic N) is 3. The molecule has 3 aromatic carbocycles. The van der Waals surface area contributed by atoms with Crippen LogP contribution in [0.4, 0.5) is 20.6 Å². The summed E-state index contributed by atoms with van der Waals surface area (Å²) in [4.78, 5) is 29.9. The number of amides is 3. The first-order chi connectivity index (χ1) is 27.2. The summed E-state index contributed by atoms with van der Waals surface area (Å²) in [6.45, 7) is 9.90. The second kappa shape index (κ2) is 19.4. The largest absolute Gasteiger partial charge is 0.497 e. The van der Waals surface area contributed by atoms with Crippen molar-refractivity contribution in [2.75, 3.05) is 44.5 Å². The van der Waals surface area contributed by atoms with E-state index in [-0.39, 0.29) is 47.5 Å². The van der Waals surface area contributed by atoms with Gasteiger partial charge in [0.2, 0.25) is 10.0 Å². The summed E-state index contributed by atoms with van der Waals surface area (Å²) in [6, 6.07) is 16.7. The van der Waals surface area contributed by atoms with Gasteiger partial charge in [-0.05, 0) is 120 Å². The monoisotopic (exact) mass is 807 g/mol. The number of sulfonamides is 1. The number of carbonyl (C=O) groups is 2. The Balaban J connectivity index is 1.47. The van der Waals surface area contributed by atoms with E-state index < -0.39 is 28.0 Å². The van der Waals surface area contributed by atoms with E-state index in [0.29, 0.717) is 60.9 Å². The van der Waals surface area contributed by atoms with Gasteiger partial charge in [-0.25, -0.2) is 17.6 Å². The number of hydrogen-bond donors (Lipinski definition) is 2. The third-order valence-corrected chi connectivity index (χ3v) is 12.1. The first kappa shape index (κ1) is 43.1. The van der Waals surface area contributed by atoms with Crippen LogP contribution >= 0.6 is 0 Å². The van der Waals surface area contributed by atoms with Crippen LogP contribution in [0.1, 0.15) is 73.8 Å². The van der Waals surface area contributed by atoms with Crippen molar-refractivity contribution in [1.82, 2.24) is 14.4 Å². The molecule has 2 heterocycles. The van der Waals surface area contributed by atoms with Gasteiger partial charge in [0.25, 0.3) is 5.91 Å². The van der Waals surface area contributed by atoms with Gasteiger partial charge in [0.15, 0.2) is 5.76 Å². The minimum Gasteiger partial charge on any atom is -0.497 e. The van der Waals surface area contributed by atoms with Crippen molar-refractivity contribution in [3.05, 3.63) is 95.1 Å². The molecular weight excluding hydrogens is 754 g/mol. The highest BCUT2D eigenvalue weighted by Gasteiger charge is 2.33. The quantitative estimate of drug-likeness (QED) is 0.154. The molecule has 0 fully saturated rings. The van der Waals surface area contributed by atoms with E-state index in [1.165, 1.54) is 23.5 Å². The maximum Gasteiger partial charge on any atom is 0.323 e. The number of benzene rings is 3. The number of fused-ring (bicyclic) bond motifs is 1. The molecular formula is C42H54FN5O8S. The molecule has 2 N–H and O–H groups in total. The van der Waals surface area contributed by atoms with Gasteiger partial charge in [-0.3, -0.25) is 4.79 Å². The molecule has 13 nitrogen and oxygen atoms in total. The number of aromatic nitrogens is 1. The fourth-order valence-electron chi connectivity index (χ4n) is 6.76. The standard InChI is InChI=1S/C42H54FN5O8S/c1-27-25-48(28(2)11-12-32-13-18-35(53-7)19-14-32)41(49)37-24-34(44-42(50)45-40-30(4)46-56-31(40)5)17-22-38(37)55-29(3)10-8-9-23-54-39(27)26-47(6)57(51,52)36-20-15-33(43)16-21-36/h13-22,24,27-29,39H,8-12,23,25-26H2,1-7H3,(H2,44,45,50)/t27-,28+,29-,39+/m1/s1. The number of methoxy groups -OCH3 is 1. The number of aryl methyl sites for hydroxylation is 3. The molecule has 0 saturated carbocycles. The van der Waals surface area contributed by atoms with Crippen LogP contribution in [0.5, 0.6) is 11.5 Å². The summed E-state index contributed by atoms with van der Waals surface area (Å²) in [5, 5.41) is 9.49. The van der Waals surface area contributed by atoms with Gasteiger partial charge < -0.3 is 34.3 Å². The second-order valence-electron chi connectivity index (χ2n) is 14.7. The Morgan fingerprint density at radius 1 is 1.05 bits per heavy atom. The molecule has 0 saturated heterocycles. The minimum atomic E-state index is -3.98. The number of halogens is 1. The van der Waals surface area contributed by atoms with Crippen LogP contribution < -0.4 is 20.1 Å². The zero-order chi connectivity index (χ0) is 41.3. The van der Waals surface area contributed by atoms with E-state index in [9.17, 15) is 22.4 Å². The van der Waals surface area contributed by atoms with E-state index in [4.69, 9.17) is 18.7 Å². The van der Waals surface area contributed by atoms with Gasteiger partial charge >= 0.3 is 6.03 Å². The van der Waals surface area contributed by atoms with Gasteiger partial charge in [-0.15, -0.1) is 0 Å². The fraction of sp³-hybridized carbons (Fsp3) is 0.452. The van der Waals surface area contributed by atoms with Crippen LogP contribution in [0.25, 0.3) is 0 Å². The van der Waals surface area contributed by atoms with Crippen LogP contribution in [0.15, 0.2) is 76.1 Å². The van der Waals surface area contributed by atoms with Gasteiger partial charge in [-0.2, -0.15) is 4.31 Å². The lowest BCUT2D eigenvalue weighted by Gasteiger charge is -2.36. The van der Waals surface area contributed by atoms with E-state index >= 15 is 0 Å². The summed E-state index contributed by atoms with van der Waals surface area (Å²) in [6.07, 6.45) is 2.60. The van der Waals surface area contributed by atoms with Crippen molar-refractivity contribution in [1.29, 1.82) is 0 Å². The maximum absolute atomic E-state index is 15.0. The normalized spacial score (nSPS) is 18.9. The minimum absolute atomic E-state index is 0.00749. The topological polar surface area (TPSA) is 153 Å². The van der Waals surface area contributed by atoms with Crippen molar-refractivity contribution in [2.45, 2.75) is 89.9 Å². The van der Waals surface area contributed by atoms with Crippen molar-refractivity contribution in [3.8, 4) is 11.5 Å². The van der Waals surface area contributed by atoms with E-state index in [2.05, 4.69) is 15.8 Å². The van der Waals surface area contributed by atoms with Crippen molar-refractivity contribution < 1.29 is 41.1 Å². The number of hydrogen-bond acceptors (Lipinski definition) is 9. The number of likely N-dealkylation sites (N-methyl/N-ethyl adjacent to an activating group) is 1. The Morgan fingerprint density at radius 3 is 2.44 bits per heavy atom. The first-order valence-corrected chi connectivity index (χ1v) is 20.7. The predicted octanol–water partition coefficient (Wildman–Crippen LogP) is 7.84. The van der Waals surface area contributed by atoms with E-state index in [1.54, 1.807) is 44.1 Å². The molecule has 0 unspecified atom stereocenters. The molecule has 4 atom stereocenters. The number of rotatable bonds is 11. The molecule has 0 bridgehead atoms. The molecule has 57 heavy (non-hydrogen) atoms. The Kier molecular flexibility index (Phi) is 14.7. The van der Waals surface area contributed by atoms with Crippen molar-refractivity contribution in [3.63, 3.8) is 0 Å². The highest BCUT2D eigenvalue weighted by Crippen LogP contribution is 2.30. The average Bonchev–Trinajstić information content (AvgIpc) is 3.50. The molecule has 15 heteroatoms. The molecule has 3 amide bonds. The molecule has 1 aliphatic heterocycles. The SMILES string of the molecule is COc1ccc(CC[C@H](C)N2C[C@@H](C)[C@H](CN(C)S(=O)(=O)c3ccc(F)cc3)OCCCC[C@@H](C)Oc3ccc(NC(=O)Nc4c(C)noc4C)cc3C2=O)cc1. The summed E-state index contributed by atoms with van der Waals surface area (Å²) in [7, 11) is -0.880. The van der Waals surface area contributed by atoms with Gasteiger partial charge in [0.05, 0.1) is 29.8 Å². The Morgan fingerprint density at radius 2 is 1.77 bits per heavy atom. The molecule has 1 aromatic heterocycles. The maximum atomic E-state index is 15.0. The number of anilines is 2. The zero-order valence-electron chi connectivity index (χ0n) is 33.7. The van der Waals surface area contributed by atoms with Crippen molar-refractivity contribution in [2.24, 2.45) is 5.92 Å². The van der Waals surface area contributed by atoms with Gasteiger partial charge in [-0.1, -0.05) is 24.2 Å². The Bertz CT molecular complexity index is 2060. The third kappa shape index (κ3) is 11.3. The Hall–Kier alpha value is -4.99. The zero-order valence-corrected chi connectivity index (χ0v) is 34.5. The van der Waals surface area contributed by atoms with Crippen LogP contribution in [0.2, 0.25) is 0 Å². The van der Waals surface area contributed by atoms with E-state index in [0.717, 1.165) is 29.9 Å². The lowest BCUT2D eigenvalue weighted by atomic mass is 9.99. The summed E-state index contributed by atoms with van der Waals surface area (Å²) < 4.78 is 65.4. The number of carbonyl (C=O) groups excluding carboxylic acids is 2. The van der Waals surface area contributed by atoms with Crippen LogP contribution in [0.3, 0.4) is 0 Å².